The first kappa shape index (κ1) is 20.4. The lowest BCUT2D eigenvalue weighted by atomic mass is 9.76. The van der Waals surface area contributed by atoms with Crippen LogP contribution in [0.3, 0.4) is 0 Å². The van der Waals surface area contributed by atoms with E-state index in [-0.39, 0.29) is 23.1 Å². The summed E-state index contributed by atoms with van der Waals surface area (Å²) in [5, 5.41) is 3.11. The molecule has 2 saturated heterocycles. The minimum absolute atomic E-state index is 0.00422. The van der Waals surface area contributed by atoms with Gasteiger partial charge in [-0.1, -0.05) is 36.4 Å². The maximum absolute atomic E-state index is 13.3. The molecule has 2 fully saturated rings. The van der Waals surface area contributed by atoms with Gasteiger partial charge in [-0.3, -0.25) is 9.59 Å². The fourth-order valence-electron chi connectivity index (χ4n) is 4.93. The summed E-state index contributed by atoms with van der Waals surface area (Å²) in [5.41, 5.74) is 1.43. The van der Waals surface area contributed by atoms with Gasteiger partial charge in [0.2, 0.25) is 5.91 Å². The van der Waals surface area contributed by atoms with Crippen LogP contribution in [0.15, 0.2) is 54.6 Å². The first-order chi connectivity index (χ1) is 14.5. The molecule has 2 amide bonds. The third-order valence-electron chi connectivity index (χ3n) is 6.49. The molecule has 0 unspecified atom stereocenters. The Kier molecular flexibility index (Phi) is 5.77. The average molecular weight is 408 g/mol. The van der Waals surface area contributed by atoms with Crippen LogP contribution >= 0.6 is 0 Å². The third-order valence-corrected chi connectivity index (χ3v) is 6.49. The second-order valence-electron chi connectivity index (χ2n) is 8.48. The zero-order chi connectivity index (χ0) is 21.1. The molecule has 2 aromatic rings. The first-order valence-electron chi connectivity index (χ1n) is 10.4. The summed E-state index contributed by atoms with van der Waals surface area (Å²) in [6, 6.07) is 17.0. The molecule has 1 spiro atoms. The van der Waals surface area contributed by atoms with Gasteiger partial charge in [0.15, 0.2) is 0 Å². The Balaban J connectivity index is 1.51. The van der Waals surface area contributed by atoms with Gasteiger partial charge in [0.25, 0.3) is 5.91 Å². The Hall–Kier alpha value is -2.86. The Bertz CT molecular complexity index is 917. The van der Waals surface area contributed by atoms with Crippen LogP contribution in [0, 0.1) is 11.3 Å². The molecule has 0 aliphatic carbocycles. The fourth-order valence-corrected chi connectivity index (χ4v) is 4.93. The third kappa shape index (κ3) is 3.92. The molecule has 4 rings (SSSR count). The SMILES string of the molecule is COc1ccccc1CNC(=O)[C@@H]1CN(C(=O)c2ccccc2)C[C@]12CCN(C)C2. The lowest BCUT2D eigenvalue weighted by molar-refractivity contribution is -0.127. The lowest BCUT2D eigenvalue weighted by Crippen LogP contribution is -2.42. The smallest absolute Gasteiger partial charge is 0.253 e. The van der Waals surface area contributed by atoms with E-state index in [0.29, 0.717) is 25.2 Å². The van der Waals surface area contributed by atoms with Gasteiger partial charge in [0.1, 0.15) is 5.75 Å². The fraction of sp³-hybridized carbons (Fsp3) is 0.417. The highest BCUT2D eigenvalue weighted by atomic mass is 16.5. The van der Waals surface area contributed by atoms with Crippen LogP contribution in [0.2, 0.25) is 0 Å². The molecular formula is C24H29N3O3. The van der Waals surface area contributed by atoms with E-state index in [1.54, 1.807) is 7.11 Å². The Morgan fingerprint density at radius 1 is 1.10 bits per heavy atom. The van der Waals surface area contributed by atoms with Crippen molar-refractivity contribution in [1.29, 1.82) is 0 Å². The molecule has 6 heteroatoms. The maximum Gasteiger partial charge on any atom is 0.253 e. The molecule has 2 heterocycles. The molecule has 0 saturated carbocycles. The van der Waals surface area contributed by atoms with E-state index < -0.39 is 0 Å². The summed E-state index contributed by atoms with van der Waals surface area (Å²) < 4.78 is 5.40. The van der Waals surface area contributed by atoms with Gasteiger partial charge in [-0.05, 0) is 38.2 Å². The normalized spacial score (nSPS) is 23.7. The largest absolute Gasteiger partial charge is 0.496 e. The number of ether oxygens (including phenoxy) is 1. The van der Waals surface area contributed by atoms with E-state index in [0.717, 1.165) is 30.8 Å². The Morgan fingerprint density at radius 2 is 1.83 bits per heavy atom. The van der Waals surface area contributed by atoms with Crippen LogP contribution in [0.25, 0.3) is 0 Å². The molecule has 158 valence electrons. The second-order valence-corrected chi connectivity index (χ2v) is 8.48. The molecule has 2 aliphatic heterocycles. The van der Waals surface area contributed by atoms with E-state index in [9.17, 15) is 9.59 Å². The van der Waals surface area contributed by atoms with Gasteiger partial charge in [-0.15, -0.1) is 0 Å². The van der Waals surface area contributed by atoms with E-state index in [1.807, 2.05) is 59.5 Å². The number of amides is 2. The number of benzene rings is 2. The number of nitrogens with zero attached hydrogens (tertiary/aromatic N) is 2. The molecule has 0 aromatic heterocycles. The molecule has 6 nitrogen and oxygen atoms in total. The predicted molar refractivity (Wildman–Crippen MR) is 115 cm³/mol. The number of para-hydroxylation sites is 1. The maximum atomic E-state index is 13.3. The van der Waals surface area contributed by atoms with Crippen LogP contribution in [-0.4, -0.2) is 62.0 Å². The highest BCUT2D eigenvalue weighted by Gasteiger charge is 2.53. The first-order valence-corrected chi connectivity index (χ1v) is 10.4. The van der Waals surface area contributed by atoms with Crippen molar-refractivity contribution in [2.75, 3.05) is 40.3 Å². The van der Waals surface area contributed by atoms with Crippen molar-refractivity contribution in [3.8, 4) is 5.75 Å². The minimum Gasteiger partial charge on any atom is -0.496 e. The molecule has 30 heavy (non-hydrogen) atoms. The van der Waals surface area contributed by atoms with Crippen molar-refractivity contribution in [2.45, 2.75) is 13.0 Å². The van der Waals surface area contributed by atoms with Crippen molar-refractivity contribution in [3.63, 3.8) is 0 Å². The number of carbonyl (C=O) groups excluding carboxylic acids is 2. The summed E-state index contributed by atoms with van der Waals surface area (Å²) in [7, 11) is 3.72. The average Bonchev–Trinajstić information content (AvgIpc) is 3.34. The zero-order valence-corrected chi connectivity index (χ0v) is 17.6. The summed E-state index contributed by atoms with van der Waals surface area (Å²) in [6.45, 7) is 3.27. The van der Waals surface area contributed by atoms with Gasteiger partial charge < -0.3 is 19.9 Å². The molecule has 2 atom stereocenters. The van der Waals surface area contributed by atoms with E-state index in [4.69, 9.17) is 4.74 Å². The van der Waals surface area contributed by atoms with Crippen LogP contribution < -0.4 is 10.1 Å². The van der Waals surface area contributed by atoms with E-state index in [2.05, 4.69) is 17.3 Å². The molecule has 2 aliphatic rings. The minimum atomic E-state index is -0.218. The van der Waals surface area contributed by atoms with Crippen LogP contribution in [0.5, 0.6) is 5.75 Å². The highest BCUT2D eigenvalue weighted by Crippen LogP contribution is 2.44. The van der Waals surface area contributed by atoms with Crippen LogP contribution in [0.4, 0.5) is 0 Å². The second kappa shape index (κ2) is 8.48. The predicted octanol–water partition coefficient (Wildman–Crippen LogP) is 2.41. The summed E-state index contributed by atoms with van der Waals surface area (Å²) in [4.78, 5) is 30.5. The van der Waals surface area contributed by atoms with Gasteiger partial charge in [0.05, 0.1) is 13.0 Å². The van der Waals surface area contributed by atoms with Gasteiger partial charge in [-0.25, -0.2) is 0 Å². The molecule has 1 N–H and O–H groups in total. The number of nitrogens with one attached hydrogen (secondary N) is 1. The van der Waals surface area contributed by atoms with Gasteiger partial charge in [0, 0.05) is 42.7 Å². The number of rotatable bonds is 5. The quantitative estimate of drug-likeness (QED) is 0.827. The summed E-state index contributed by atoms with van der Waals surface area (Å²) >= 11 is 0. The molecule has 0 bridgehead atoms. The Morgan fingerprint density at radius 3 is 2.53 bits per heavy atom. The van der Waals surface area contributed by atoms with Crippen LogP contribution in [-0.2, 0) is 11.3 Å². The van der Waals surface area contributed by atoms with Crippen molar-refractivity contribution >= 4 is 11.8 Å². The number of hydrogen-bond donors (Lipinski definition) is 1. The van der Waals surface area contributed by atoms with Crippen molar-refractivity contribution < 1.29 is 14.3 Å². The zero-order valence-electron chi connectivity index (χ0n) is 17.6. The van der Waals surface area contributed by atoms with E-state index in [1.165, 1.54) is 0 Å². The number of likely N-dealkylation sites (tertiary alicyclic amines) is 2. The number of carbonyl (C=O) groups is 2. The number of hydrogen-bond acceptors (Lipinski definition) is 4. The van der Waals surface area contributed by atoms with E-state index >= 15 is 0 Å². The van der Waals surface area contributed by atoms with Gasteiger partial charge in [-0.2, -0.15) is 0 Å². The van der Waals surface area contributed by atoms with Crippen LogP contribution in [0.1, 0.15) is 22.3 Å². The molecule has 0 radical (unpaired) electrons. The van der Waals surface area contributed by atoms with Crippen molar-refractivity contribution in [3.05, 3.63) is 65.7 Å². The Labute approximate surface area is 177 Å². The monoisotopic (exact) mass is 407 g/mol. The topological polar surface area (TPSA) is 61.9 Å². The highest BCUT2D eigenvalue weighted by molar-refractivity contribution is 5.95. The lowest BCUT2D eigenvalue weighted by Gasteiger charge is -2.29. The van der Waals surface area contributed by atoms with Gasteiger partial charge >= 0.3 is 0 Å². The standard InChI is InChI=1S/C24H29N3O3/c1-26-13-12-24(16-26)17-27(23(29)18-8-4-3-5-9-18)15-20(24)22(28)25-14-19-10-6-7-11-21(19)30-2/h3-11,20H,12-17H2,1-2H3,(H,25,28)/t20-,24+/m0/s1. The van der Waals surface area contributed by atoms with Crippen molar-refractivity contribution in [1.82, 2.24) is 15.1 Å². The molecular weight excluding hydrogens is 378 g/mol. The number of methoxy groups -OCH3 is 1. The summed E-state index contributed by atoms with van der Waals surface area (Å²) in [5.74, 6) is 0.564. The molecule has 2 aromatic carbocycles. The summed E-state index contributed by atoms with van der Waals surface area (Å²) in [6.07, 6.45) is 0.925. The van der Waals surface area contributed by atoms with Crippen molar-refractivity contribution in [2.24, 2.45) is 11.3 Å².